The van der Waals surface area contributed by atoms with E-state index in [1.165, 1.54) is 0 Å². The van der Waals surface area contributed by atoms with Crippen molar-refractivity contribution < 1.29 is 0 Å². The lowest BCUT2D eigenvalue weighted by Gasteiger charge is -2.06. The average Bonchev–Trinajstić information content (AvgIpc) is 2.96. The fraction of sp³-hybridized carbons (Fsp3) is 0.188. The Morgan fingerprint density at radius 3 is 2.95 bits per heavy atom. The van der Waals surface area contributed by atoms with Crippen molar-refractivity contribution in [3.8, 4) is 11.4 Å². The maximum atomic E-state index is 6.28. The number of rotatable bonds is 1. The third-order valence-corrected chi connectivity index (χ3v) is 4.06. The third-order valence-electron chi connectivity index (χ3n) is 3.74. The van der Waals surface area contributed by atoms with E-state index < -0.39 is 0 Å². The molecule has 3 nitrogen and oxygen atoms in total. The largest absolute Gasteiger partial charge is 0.256 e. The molecular weight excluding hydrogens is 270 g/mol. The Balaban J connectivity index is 1.88. The van der Waals surface area contributed by atoms with Crippen molar-refractivity contribution in [2.24, 2.45) is 0 Å². The van der Waals surface area contributed by atoms with Gasteiger partial charge in [-0.1, -0.05) is 17.7 Å². The number of halogens is 1. The molecule has 0 atom stereocenters. The van der Waals surface area contributed by atoms with Crippen LogP contribution in [-0.2, 0) is 12.8 Å². The van der Waals surface area contributed by atoms with Crippen LogP contribution in [0.25, 0.3) is 22.3 Å². The Bertz CT molecular complexity index is 814. The second-order valence-electron chi connectivity index (χ2n) is 5.03. The maximum absolute atomic E-state index is 6.28. The zero-order chi connectivity index (χ0) is 13.5. The molecule has 2 aromatic heterocycles. The summed E-state index contributed by atoms with van der Waals surface area (Å²) in [6.45, 7) is 0. The molecule has 0 amide bonds. The lowest BCUT2D eigenvalue weighted by Crippen LogP contribution is -1.97. The molecule has 2 heterocycles. The smallest absolute Gasteiger partial charge is 0.161 e. The van der Waals surface area contributed by atoms with Crippen molar-refractivity contribution in [1.29, 1.82) is 0 Å². The third kappa shape index (κ3) is 1.86. The van der Waals surface area contributed by atoms with Crippen LogP contribution in [0.1, 0.15) is 17.7 Å². The summed E-state index contributed by atoms with van der Waals surface area (Å²) in [7, 11) is 0. The number of hydrogen-bond donors (Lipinski definition) is 0. The van der Waals surface area contributed by atoms with Gasteiger partial charge in [-0.15, -0.1) is 0 Å². The molecule has 98 valence electrons. The first-order valence-electron chi connectivity index (χ1n) is 6.72. The quantitative estimate of drug-likeness (QED) is 0.636. The van der Waals surface area contributed by atoms with Crippen molar-refractivity contribution >= 4 is 22.5 Å². The number of nitrogens with zero attached hydrogens (tertiary/aromatic N) is 3. The number of pyridine rings is 1. The summed E-state index contributed by atoms with van der Waals surface area (Å²) in [5.41, 5.74) is 4.19. The summed E-state index contributed by atoms with van der Waals surface area (Å²) in [5, 5.41) is 1.69. The van der Waals surface area contributed by atoms with E-state index in [4.69, 9.17) is 11.6 Å². The second kappa shape index (κ2) is 4.53. The van der Waals surface area contributed by atoms with Gasteiger partial charge in [0.2, 0.25) is 0 Å². The second-order valence-corrected chi connectivity index (χ2v) is 5.39. The Morgan fingerprint density at radius 1 is 1.05 bits per heavy atom. The Labute approximate surface area is 121 Å². The van der Waals surface area contributed by atoms with Gasteiger partial charge in [-0.05, 0) is 43.5 Å². The fourth-order valence-electron chi connectivity index (χ4n) is 2.73. The molecule has 1 aliphatic carbocycles. The summed E-state index contributed by atoms with van der Waals surface area (Å²) < 4.78 is 0. The van der Waals surface area contributed by atoms with E-state index in [-0.39, 0.29) is 0 Å². The van der Waals surface area contributed by atoms with Crippen molar-refractivity contribution in [3.63, 3.8) is 0 Å². The average molecular weight is 282 g/mol. The Kier molecular flexibility index (Phi) is 2.67. The molecule has 0 radical (unpaired) electrons. The van der Waals surface area contributed by atoms with Crippen LogP contribution in [0.3, 0.4) is 0 Å². The topological polar surface area (TPSA) is 38.7 Å². The summed E-state index contributed by atoms with van der Waals surface area (Å²) >= 11 is 6.28. The maximum Gasteiger partial charge on any atom is 0.161 e. The number of aromatic nitrogens is 3. The van der Waals surface area contributed by atoms with E-state index >= 15 is 0 Å². The molecule has 1 aliphatic rings. The van der Waals surface area contributed by atoms with Crippen LogP contribution in [0.2, 0.25) is 5.15 Å². The van der Waals surface area contributed by atoms with E-state index in [0.717, 1.165) is 47.0 Å². The van der Waals surface area contributed by atoms with E-state index in [2.05, 4.69) is 21.0 Å². The van der Waals surface area contributed by atoms with Crippen LogP contribution < -0.4 is 0 Å². The molecule has 0 saturated heterocycles. The van der Waals surface area contributed by atoms with Crippen LogP contribution in [0, 0.1) is 0 Å². The summed E-state index contributed by atoms with van der Waals surface area (Å²) in [5.74, 6) is 0.710. The zero-order valence-electron chi connectivity index (χ0n) is 10.8. The van der Waals surface area contributed by atoms with Gasteiger partial charge in [-0.2, -0.15) is 0 Å². The van der Waals surface area contributed by atoms with E-state index in [9.17, 15) is 0 Å². The van der Waals surface area contributed by atoms with Gasteiger partial charge in [0.1, 0.15) is 5.15 Å². The minimum atomic E-state index is 0.605. The predicted molar refractivity (Wildman–Crippen MR) is 79.8 cm³/mol. The summed E-state index contributed by atoms with van der Waals surface area (Å²) in [4.78, 5) is 13.5. The molecule has 0 N–H and O–H groups in total. The molecule has 1 aromatic carbocycles. The number of aryl methyl sites for hydroxylation is 1. The Morgan fingerprint density at radius 2 is 2.00 bits per heavy atom. The molecule has 4 rings (SSSR count). The number of benzene rings is 1. The highest BCUT2D eigenvalue weighted by Crippen LogP contribution is 2.29. The van der Waals surface area contributed by atoms with Gasteiger partial charge in [0.15, 0.2) is 5.82 Å². The van der Waals surface area contributed by atoms with Crippen molar-refractivity contribution in [2.45, 2.75) is 19.3 Å². The van der Waals surface area contributed by atoms with Gasteiger partial charge in [0, 0.05) is 28.4 Å². The minimum absolute atomic E-state index is 0.605. The molecule has 0 spiro atoms. The lowest BCUT2D eigenvalue weighted by molar-refractivity contribution is 0.900. The first-order chi connectivity index (χ1) is 9.81. The first kappa shape index (κ1) is 11.8. The van der Waals surface area contributed by atoms with Crippen molar-refractivity contribution in [2.75, 3.05) is 0 Å². The van der Waals surface area contributed by atoms with Gasteiger partial charge in [0.25, 0.3) is 0 Å². The van der Waals surface area contributed by atoms with E-state index in [1.54, 1.807) is 6.20 Å². The standard InChI is InChI=1S/C16H12ClN3/c17-15-12-4-1-5-14(12)19-16(20-15)11-6-7-13-10(9-11)3-2-8-18-13/h2-3,6-9H,1,4-5H2. The lowest BCUT2D eigenvalue weighted by atomic mass is 10.1. The molecule has 4 heteroatoms. The fourth-order valence-corrected chi connectivity index (χ4v) is 3.01. The van der Waals surface area contributed by atoms with Crippen molar-refractivity contribution in [3.05, 3.63) is 52.9 Å². The Hall–Kier alpha value is -2.00. The first-order valence-corrected chi connectivity index (χ1v) is 7.09. The van der Waals surface area contributed by atoms with Gasteiger partial charge < -0.3 is 0 Å². The zero-order valence-corrected chi connectivity index (χ0v) is 11.6. The highest BCUT2D eigenvalue weighted by atomic mass is 35.5. The molecule has 0 aliphatic heterocycles. The highest BCUT2D eigenvalue weighted by Gasteiger charge is 2.18. The van der Waals surface area contributed by atoms with Crippen LogP contribution >= 0.6 is 11.6 Å². The molecule has 0 saturated carbocycles. The molecule has 20 heavy (non-hydrogen) atoms. The summed E-state index contributed by atoms with van der Waals surface area (Å²) in [6, 6.07) is 10.0. The number of fused-ring (bicyclic) bond motifs is 2. The van der Waals surface area contributed by atoms with Crippen molar-refractivity contribution in [1.82, 2.24) is 15.0 Å². The predicted octanol–water partition coefficient (Wildman–Crippen LogP) is 3.83. The van der Waals surface area contributed by atoms with Crippen LogP contribution in [0.5, 0.6) is 0 Å². The van der Waals surface area contributed by atoms with Crippen LogP contribution in [-0.4, -0.2) is 15.0 Å². The van der Waals surface area contributed by atoms with Crippen LogP contribution in [0.4, 0.5) is 0 Å². The van der Waals surface area contributed by atoms with Gasteiger partial charge >= 0.3 is 0 Å². The van der Waals surface area contributed by atoms with Gasteiger partial charge in [0.05, 0.1) is 5.52 Å². The van der Waals surface area contributed by atoms with Gasteiger partial charge in [-0.25, -0.2) is 9.97 Å². The SMILES string of the molecule is Clc1nc(-c2ccc3ncccc3c2)nc2c1CCC2. The summed E-state index contributed by atoms with van der Waals surface area (Å²) in [6.07, 6.45) is 4.91. The van der Waals surface area contributed by atoms with Crippen LogP contribution in [0.15, 0.2) is 36.5 Å². The van der Waals surface area contributed by atoms with E-state index in [1.807, 2.05) is 24.3 Å². The van der Waals surface area contributed by atoms with Gasteiger partial charge in [-0.3, -0.25) is 4.98 Å². The molecule has 0 unspecified atom stereocenters. The molecular formula is C16H12ClN3. The normalized spacial score (nSPS) is 13.7. The molecule has 0 bridgehead atoms. The highest BCUT2D eigenvalue weighted by molar-refractivity contribution is 6.30. The monoisotopic (exact) mass is 281 g/mol. The molecule has 3 aromatic rings. The number of hydrogen-bond acceptors (Lipinski definition) is 3. The minimum Gasteiger partial charge on any atom is -0.256 e. The molecule has 0 fully saturated rings. The van der Waals surface area contributed by atoms with E-state index in [0.29, 0.717) is 11.0 Å².